The fourth-order valence-corrected chi connectivity index (χ4v) is 3.53. The maximum absolute atomic E-state index is 12.7. The monoisotopic (exact) mass is 349 g/mol. The van der Waals surface area contributed by atoms with Crippen LogP contribution in [0.4, 0.5) is 0 Å². The van der Waals surface area contributed by atoms with Crippen molar-refractivity contribution in [2.75, 3.05) is 39.4 Å². The number of furan rings is 1. The molecule has 0 unspecified atom stereocenters. The molecule has 2 amide bonds. The largest absolute Gasteiger partial charge is 0.459 e. The van der Waals surface area contributed by atoms with Crippen molar-refractivity contribution in [3.05, 3.63) is 24.2 Å². The van der Waals surface area contributed by atoms with Gasteiger partial charge in [0.1, 0.15) is 6.04 Å². The zero-order valence-corrected chi connectivity index (χ0v) is 15.0. The van der Waals surface area contributed by atoms with Gasteiger partial charge >= 0.3 is 0 Å². The van der Waals surface area contributed by atoms with Crippen LogP contribution in [0.25, 0.3) is 0 Å². The highest BCUT2D eigenvalue weighted by atomic mass is 16.5. The Hall–Kier alpha value is -1.86. The Bertz CT molecular complexity index is 593. The highest BCUT2D eigenvalue weighted by molar-refractivity contribution is 5.96. The average Bonchev–Trinajstić information content (AvgIpc) is 3.31. The molecule has 1 aromatic rings. The van der Waals surface area contributed by atoms with E-state index >= 15 is 0 Å². The summed E-state index contributed by atoms with van der Waals surface area (Å²) in [5.74, 6) is -0.0119. The minimum absolute atomic E-state index is 0.0845. The second kappa shape index (κ2) is 7.58. The maximum atomic E-state index is 12.7. The standard InChI is InChI=1S/C18H27N3O4/c1-18(2,20-8-11-24-12-9-20)13-19-16(22)14-5-3-7-21(14)17(23)15-6-4-10-25-15/h4,6,10,14H,3,5,7-9,11-13H2,1-2H3,(H,19,22)/t14-/m0/s1. The molecular formula is C18H27N3O4. The molecule has 1 atom stereocenters. The fourth-order valence-electron chi connectivity index (χ4n) is 3.53. The second-order valence-corrected chi connectivity index (χ2v) is 7.26. The van der Waals surface area contributed by atoms with Crippen LogP contribution in [0.2, 0.25) is 0 Å². The molecule has 2 saturated heterocycles. The van der Waals surface area contributed by atoms with E-state index in [9.17, 15) is 9.59 Å². The summed E-state index contributed by atoms with van der Waals surface area (Å²) in [5.41, 5.74) is -0.145. The van der Waals surface area contributed by atoms with Gasteiger partial charge in [-0.1, -0.05) is 0 Å². The summed E-state index contributed by atoms with van der Waals surface area (Å²) in [6.45, 7) is 8.58. The van der Waals surface area contributed by atoms with Crippen LogP contribution in [-0.2, 0) is 9.53 Å². The van der Waals surface area contributed by atoms with E-state index < -0.39 is 6.04 Å². The number of nitrogens with one attached hydrogen (secondary N) is 1. The van der Waals surface area contributed by atoms with Gasteiger partial charge in [0.05, 0.1) is 19.5 Å². The van der Waals surface area contributed by atoms with E-state index in [0.29, 0.717) is 19.5 Å². The Morgan fingerprint density at radius 2 is 2.04 bits per heavy atom. The van der Waals surface area contributed by atoms with E-state index in [2.05, 4.69) is 24.1 Å². The molecule has 3 rings (SSSR count). The van der Waals surface area contributed by atoms with Crippen molar-refractivity contribution in [3.63, 3.8) is 0 Å². The quantitative estimate of drug-likeness (QED) is 0.862. The van der Waals surface area contributed by atoms with Gasteiger partial charge in [0.2, 0.25) is 5.91 Å². The summed E-state index contributed by atoms with van der Waals surface area (Å²) in [5, 5.41) is 3.05. The average molecular weight is 349 g/mol. The molecule has 0 spiro atoms. The van der Waals surface area contributed by atoms with Crippen molar-refractivity contribution < 1.29 is 18.7 Å². The van der Waals surface area contributed by atoms with Crippen molar-refractivity contribution in [2.45, 2.75) is 38.3 Å². The fraction of sp³-hybridized carbons (Fsp3) is 0.667. The number of nitrogens with zero attached hydrogens (tertiary/aromatic N) is 2. The number of amides is 2. The number of likely N-dealkylation sites (tertiary alicyclic amines) is 1. The Kier molecular flexibility index (Phi) is 5.44. The normalized spacial score (nSPS) is 22.2. The van der Waals surface area contributed by atoms with Gasteiger partial charge in [0.25, 0.3) is 5.91 Å². The predicted molar refractivity (Wildman–Crippen MR) is 92.2 cm³/mol. The lowest BCUT2D eigenvalue weighted by Crippen LogP contribution is -2.57. The Morgan fingerprint density at radius 3 is 2.72 bits per heavy atom. The minimum Gasteiger partial charge on any atom is -0.459 e. The second-order valence-electron chi connectivity index (χ2n) is 7.26. The number of carbonyl (C=O) groups is 2. The molecule has 2 fully saturated rings. The van der Waals surface area contributed by atoms with Crippen LogP contribution >= 0.6 is 0 Å². The zero-order valence-electron chi connectivity index (χ0n) is 15.0. The highest BCUT2D eigenvalue weighted by Gasteiger charge is 2.36. The summed E-state index contributed by atoms with van der Waals surface area (Å²) in [7, 11) is 0. The summed E-state index contributed by atoms with van der Waals surface area (Å²) >= 11 is 0. The summed E-state index contributed by atoms with van der Waals surface area (Å²) < 4.78 is 10.6. The van der Waals surface area contributed by atoms with Gasteiger partial charge in [-0.05, 0) is 38.8 Å². The van der Waals surface area contributed by atoms with E-state index in [0.717, 1.165) is 32.7 Å². The van der Waals surface area contributed by atoms with Crippen LogP contribution in [0, 0.1) is 0 Å². The van der Waals surface area contributed by atoms with Crippen LogP contribution in [-0.4, -0.2) is 72.6 Å². The smallest absolute Gasteiger partial charge is 0.290 e. The molecule has 0 radical (unpaired) electrons. The van der Waals surface area contributed by atoms with Crippen molar-refractivity contribution in [1.29, 1.82) is 0 Å². The molecule has 0 aliphatic carbocycles. The minimum atomic E-state index is -0.418. The number of hydrogen-bond acceptors (Lipinski definition) is 5. The van der Waals surface area contributed by atoms with Crippen molar-refractivity contribution >= 4 is 11.8 Å². The molecule has 1 N–H and O–H groups in total. The Balaban J connectivity index is 1.57. The molecule has 138 valence electrons. The number of carbonyl (C=O) groups excluding carboxylic acids is 2. The maximum Gasteiger partial charge on any atom is 0.290 e. The van der Waals surface area contributed by atoms with Crippen LogP contribution < -0.4 is 5.32 Å². The van der Waals surface area contributed by atoms with Gasteiger partial charge in [-0.25, -0.2) is 0 Å². The van der Waals surface area contributed by atoms with Gasteiger partial charge in [-0.3, -0.25) is 14.5 Å². The molecule has 2 aliphatic rings. The predicted octanol–water partition coefficient (Wildman–Crippen LogP) is 1.11. The Morgan fingerprint density at radius 1 is 1.28 bits per heavy atom. The van der Waals surface area contributed by atoms with Gasteiger partial charge in [-0.2, -0.15) is 0 Å². The van der Waals surface area contributed by atoms with E-state index in [-0.39, 0.29) is 23.1 Å². The van der Waals surface area contributed by atoms with Crippen LogP contribution in [0.3, 0.4) is 0 Å². The SMILES string of the molecule is CC(C)(CNC(=O)[C@@H]1CCCN1C(=O)c1ccco1)N1CCOCC1. The molecule has 2 aliphatic heterocycles. The van der Waals surface area contributed by atoms with Crippen LogP contribution in [0.1, 0.15) is 37.2 Å². The third-order valence-electron chi connectivity index (χ3n) is 5.11. The molecule has 25 heavy (non-hydrogen) atoms. The topological polar surface area (TPSA) is 75.0 Å². The Labute approximate surface area is 148 Å². The summed E-state index contributed by atoms with van der Waals surface area (Å²) in [6.07, 6.45) is 3.00. The number of hydrogen-bond donors (Lipinski definition) is 1. The number of ether oxygens (including phenoxy) is 1. The first-order valence-electron chi connectivity index (χ1n) is 8.94. The third kappa shape index (κ3) is 4.04. The van der Waals surface area contributed by atoms with Crippen LogP contribution in [0.15, 0.2) is 22.8 Å². The van der Waals surface area contributed by atoms with E-state index in [1.165, 1.54) is 6.26 Å². The zero-order chi connectivity index (χ0) is 17.9. The van der Waals surface area contributed by atoms with Crippen molar-refractivity contribution in [2.24, 2.45) is 0 Å². The number of rotatable bonds is 5. The van der Waals surface area contributed by atoms with E-state index in [1.807, 2.05) is 0 Å². The van der Waals surface area contributed by atoms with Gasteiger partial charge < -0.3 is 19.4 Å². The summed E-state index contributed by atoms with van der Waals surface area (Å²) in [4.78, 5) is 29.1. The number of morpholine rings is 1. The van der Waals surface area contributed by atoms with Crippen molar-refractivity contribution in [3.8, 4) is 0 Å². The first-order valence-corrected chi connectivity index (χ1v) is 8.94. The lowest BCUT2D eigenvalue weighted by Gasteiger charge is -2.41. The molecule has 0 saturated carbocycles. The lowest BCUT2D eigenvalue weighted by atomic mass is 10.0. The molecule has 7 nitrogen and oxygen atoms in total. The van der Waals surface area contributed by atoms with E-state index in [1.54, 1.807) is 17.0 Å². The molecule has 3 heterocycles. The van der Waals surface area contributed by atoms with Crippen molar-refractivity contribution in [1.82, 2.24) is 15.1 Å². The lowest BCUT2D eigenvalue weighted by molar-refractivity contribution is -0.125. The summed E-state index contributed by atoms with van der Waals surface area (Å²) in [6, 6.07) is 2.90. The van der Waals surface area contributed by atoms with Gasteiger partial charge in [0, 0.05) is 31.7 Å². The first kappa shape index (κ1) is 17.9. The molecule has 1 aromatic heterocycles. The van der Waals surface area contributed by atoms with Crippen LogP contribution in [0.5, 0.6) is 0 Å². The third-order valence-corrected chi connectivity index (χ3v) is 5.11. The van der Waals surface area contributed by atoms with E-state index in [4.69, 9.17) is 9.15 Å². The van der Waals surface area contributed by atoms with Gasteiger partial charge in [0.15, 0.2) is 5.76 Å². The molecular weight excluding hydrogens is 322 g/mol. The molecule has 7 heteroatoms. The first-order chi connectivity index (χ1) is 12.0. The molecule has 0 aromatic carbocycles. The van der Waals surface area contributed by atoms with Gasteiger partial charge in [-0.15, -0.1) is 0 Å². The highest BCUT2D eigenvalue weighted by Crippen LogP contribution is 2.21. The molecule has 0 bridgehead atoms.